The van der Waals surface area contributed by atoms with Gasteiger partial charge in [-0.3, -0.25) is 4.79 Å². The normalized spacial score (nSPS) is 14.3. The molecule has 0 saturated carbocycles. The molecule has 1 aliphatic heterocycles. The highest BCUT2D eigenvalue weighted by atomic mass is 16.2. The summed E-state index contributed by atoms with van der Waals surface area (Å²) in [5, 5.41) is 7.72. The van der Waals surface area contributed by atoms with E-state index in [1.54, 1.807) is 0 Å². The molecule has 1 amide bonds. The second kappa shape index (κ2) is 10.0. The van der Waals surface area contributed by atoms with Crippen molar-refractivity contribution in [1.29, 1.82) is 0 Å². The minimum absolute atomic E-state index is 0.0926. The minimum atomic E-state index is 0.0926. The van der Waals surface area contributed by atoms with Gasteiger partial charge in [0.2, 0.25) is 0 Å². The monoisotopic (exact) mass is 490 g/mol. The van der Waals surface area contributed by atoms with Crippen LogP contribution in [0.2, 0.25) is 0 Å². The first-order chi connectivity index (χ1) is 18.2. The Bertz CT molecular complexity index is 1560. The van der Waals surface area contributed by atoms with Gasteiger partial charge in [0.1, 0.15) is 11.6 Å². The van der Waals surface area contributed by atoms with Gasteiger partial charge in [0, 0.05) is 38.2 Å². The number of fused-ring (bicyclic) bond motifs is 2. The number of anilines is 1. The summed E-state index contributed by atoms with van der Waals surface area (Å²) in [6, 6.07) is 24.1. The summed E-state index contributed by atoms with van der Waals surface area (Å²) in [6.07, 6.45) is 4.52. The lowest BCUT2D eigenvalue weighted by Crippen LogP contribution is -2.35. The molecule has 6 rings (SSSR count). The van der Waals surface area contributed by atoms with E-state index in [1.165, 1.54) is 0 Å². The summed E-state index contributed by atoms with van der Waals surface area (Å²) in [6.45, 7) is 5.05. The van der Waals surface area contributed by atoms with Crippen molar-refractivity contribution in [3.05, 3.63) is 90.4 Å². The van der Waals surface area contributed by atoms with Crippen LogP contribution in [0, 0.1) is 0 Å². The number of aryl methyl sites for hydroxylation is 1. The van der Waals surface area contributed by atoms with E-state index in [2.05, 4.69) is 29.1 Å². The maximum atomic E-state index is 13.6. The van der Waals surface area contributed by atoms with Crippen molar-refractivity contribution in [2.45, 2.75) is 26.2 Å². The number of amides is 1. The highest BCUT2D eigenvalue weighted by molar-refractivity contribution is 6.07. The van der Waals surface area contributed by atoms with Gasteiger partial charge in [-0.05, 0) is 41.8 Å². The quantitative estimate of drug-likeness (QED) is 0.336. The highest BCUT2D eigenvalue weighted by Gasteiger charge is 2.25. The molecular formula is C30H30N6O. The van der Waals surface area contributed by atoms with E-state index >= 15 is 0 Å². The van der Waals surface area contributed by atoms with Gasteiger partial charge >= 0.3 is 0 Å². The maximum absolute atomic E-state index is 13.6. The van der Waals surface area contributed by atoms with Crippen molar-refractivity contribution in [2.75, 3.05) is 31.1 Å². The molecule has 37 heavy (non-hydrogen) atoms. The van der Waals surface area contributed by atoms with Crippen LogP contribution < -0.4 is 4.90 Å². The summed E-state index contributed by atoms with van der Waals surface area (Å²) in [7, 11) is 0. The van der Waals surface area contributed by atoms with Crippen molar-refractivity contribution in [2.24, 2.45) is 0 Å². The summed E-state index contributed by atoms with van der Waals surface area (Å²) in [4.78, 5) is 27.8. The second-order valence-electron chi connectivity index (χ2n) is 9.50. The molecule has 7 nitrogen and oxygen atoms in total. The molecule has 3 aromatic carbocycles. The van der Waals surface area contributed by atoms with E-state index < -0.39 is 0 Å². The number of rotatable bonds is 5. The summed E-state index contributed by atoms with van der Waals surface area (Å²) < 4.78 is 1.90. The molecule has 1 aliphatic rings. The molecule has 1 fully saturated rings. The van der Waals surface area contributed by atoms with Crippen molar-refractivity contribution < 1.29 is 4.79 Å². The Hall–Kier alpha value is -4.26. The third kappa shape index (κ3) is 4.42. The molecule has 0 atom stereocenters. The van der Waals surface area contributed by atoms with Gasteiger partial charge < -0.3 is 9.80 Å². The fourth-order valence-electron chi connectivity index (χ4n) is 5.19. The molecule has 0 radical (unpaired) electrons. The van der Waals surface area contributed by atoms with Gasteiger partial charge in [0.05, 0.1) is 17.3 Å². The average molecular weight is 491 g/mol. The van der Waals surface area contributed by atoms with Crippen LogP contribution in [-0.4, -0.2) is 56.7 Å². The first-order valence-electron chi connectivity index (χ1n) is 13.0. The van der Waals surface area contributed by atoms with E-state index in [4.69, 9.17) is 9.97 Å². The third-order valence-electron chi connectivity index (χ3n) is 7.03. The van der Waals surface area contributed by atoms with Crippen molar-refractivity contribution in [1.82, 2.24) is 24.6 Å². The standard InChI is InChI=1S/C30H30N6O/c1-2-10-27-32-28(26-21-31-36(29(26)33-27)23-13-4-3-5-14-23)34-17-9-18-35(20-19-34)30(37)25-16-8-12-22-11-6-7-15-24(22)25/h3-8,11-16,21H,2,9-10,17-20H2,1H3. The lowest BCUT2D eigenvalue weighted by molar-refractivity contribution is 0.0769. The Kier molecular flexibility index (Phi) is 6.26. The summed E-state index contributed by atoms with van der Waals surface area (Å²) in [5.41, 5.74) is 2.57. The van der Waals surface area contributed by atoms with Gasteiger partial charge in [-0.25, -0.2) is 14.6 Å². The van der Waals surface area contributed by atoms with Crippen molar-refractivity contribution in [3.63, 3.8) is 0 Å². The van der Waals surface area contributed by atoms with Crippen LogP contribution in [-0.2, 0) is 6.42 Å². The van der Waals surface area contributed by atoms with Crippen LogP contribution in [0.15, 0.2) is 79.0 Å². The van der Waals surface area contributed by atoms with E-state index in [0.29, 0.717) is 13.1 Å². The number of benzene rings is 3. The van der Waals surface area contributed by atoms with Gasteiger partial charge in [-0.1, -0.05) is 61.5 Å². The molecule has 5 aromatic rings. The molecule has 0 aliphatic carbocycles. The Labute approximate surface area is 216 Å². The molecule has 186 valence electrons. The molecule has 2 aromatic heterocycles. The number of carbonyl (C=O) groups is 1. The number of aromatic nitrogens is 4. The van der Waals surface area contributed by atoms with Crippen LogP contribution in [0.25, 0.3) is 27.5 Å². The molecule has 1 saturated heterocycles. The maximum Gasteiger partial charge on any atom is 0.254 e. The predicted octanol–water partition coefficient (Wildman–Crippen LogP) is 5.27. The SMILES string of the molecule is CCCc1nc(N2CCCN(C(=O)c3cccc4ccccc34)CC2)c2cnn(-c3ccccc3)c2n1. The predicted molar refractivity (Wildman–Crippen MR) is 147 cm³/mol. The zero-order valence-corrected chi connectivity index (χ0v) is 21.0. The zero-order chi connectivity index (χ0) is 25.2. The van der Waals surface area contributed by atoms with E-state index in [9.17, 15) is 4.79 Å². The number of hydrogen-bond acceptors (Lipinski definition) is 5. The first kappa shape index (κ1) is 23.2. The lowest BCUT2D eigenvalue weighted by atomic mass is 10.0. The molecule has 0 bridgehead atoms. The Morgan fingerprint density at radius 1 is 0.838 bits per heavy atom. The number of carbonyl (C=O) groups excluding carboxylic acids is 1. The van der Waals surface area contributed by atoms with Crippen LogP contribution in [0.5, 0.6) is 0 Å². The number of nitrogens with zero attached hydrogens (tertiary/aromatic N) is 6. The third-order valence-corrected chi connectivity index (χ3v) is 7.03. The zero-order valence-electron chi connectivity index (χ0n) is 21.0. The smallest absolute Gasteiger partial charge is 0.254 e. The van der Waals surface area contributed by atoms with Gasteiger partial charge in [-0.15, -0.1) is 0 Å². The number of hydrogen-bond donors (Lipinski definition) is 0. The van der Waals surface area contributed by atoms with E-state index in [-0.39, 0.29) is 5.91 Å². The van der Waals surface area contributed by atoms with Gasteiger partial charge in [0.25, 0.3) is 5.91 Å². The molecule has 0 unspecified atom stereocenters. The fourth-order valence-corrected chi connectivity index (χ4v) is 5.19. The Morgan fingerprint density at radius 2 is 1.65 bits per heavy atom. The summed E-state index contributed by atoms with van der Waals surface area (Å²) >= 11 is 0. The first-order valence-corrected chi connectivity index (χ1v) is 13.0. The van der Waals surface area contributed by atoms with Crippen molar-refractivity contribution >= 4 is 33.5 Å². The fraction of sp³-hybridized carbons (Fsp3) is 0.267. The van der Waals surface area contributed by atoms with E-state index in [0.717, 1.165) is 77.1 Å². The van der Waals surface area contributed by atoms with Crippen LogP contribution in [0.4, 0.5) is 5.82 Å². The van der Waals surface area contributed by atoms with Gasteiger partial charge in [-0.2, -0.15) is 5.10 Å². The van der Waals surface area contributed by atoms with Crippen molar-refractivity contribution in [3.8, 4) is 5.69 Å². The number of para-hydroxylation sites is 1. The topological polar surface area (TPSA) is 67.2 Å². The molecule has 0 N–H and O–H groups in total. The second-order valence-corrected chi connectivity index (χ2v) is 9.50. The largest absolute Gasteiger partial charge is 0.354 e. The highest BCUT2D eigenvalue weighted by Crippen LogP contribution is 2.28. The molecule has 0 spiro atoms. The average Bonchev–Trinajstić information content (AvgIpc) is 3.21. The van der Waals surface area contributed by atoms with Crippen LogP contribution in [0.1, 0.15) is 35.9 Å². The lowest BCUT2D eigenvalue weighted by Gasteiger charge is -2.24. The Morgan fingerprint density at radius 3 is 2.51 bits per heavy atom. The minimum Gasteiger partial charge on any atom is -0.354 e. The molecule has 3 heterocycles. The van der Waals surface area contributed by atoms with E-state index in [1.807, 2.05) is 76.4 Å². The molecular weight excluding hydrogens is 460 g/mol. The van der Waals surface area contributed by atoms with Crippen LogP contribution >= 0.6 is 0 Å². The Balaban J connectivity index is 1.31. The molecule has 7 heteroatoms. The van der Waals surface area contributed by atoms with Crippen LogP contribution in [0.3, 0.4) is 0 Å². The van der Waals surface area contributed by atoms with Gasteiger partial charge in [0.15, 0.2) is 5.65 Å². The summed E-state index contributed by atoms with van der Waals surface area (Å²) in [5.74, 6) is 1.83.